The third-order valence-corrected chi connectivity index (χ3v) is 5.66. The van der Waals surface area contributed by atoms with E-state index in [0.29, 0.717) is 5.96 Å². The van der Waals surface area contributed by atoms with Crippen molar-refractivity contribution >= 4 is 29.3 Å². The minimum Gasteiger partial charge on any atom is -0.303 e. The molecule has 0 saturated carbocycles. The number of anilines is 1. The van der Waals surface area contributed by atoms with Crippen LogP contribution in [0.5, 0.6) is 0 Å². The Kier molecular flexibility index (Phi) is 3.91. The lowest BCUT2D eigenvalue weighted by Crippen LogP contribution is -2.62. The van der Waals surface area contributed by atoms with Crippen LogP contribution in [0, 0.1) is 0 Å². The summed E-state index contributed by atoms with van der Waals surface area (Å²) in [5.41, 5.74) is 4.20. The van der Waals surface area contributed by atoms with Crippen molar-refractivity contribution in [3.8, 4) is 0 Å². The molecule has 146 valence electrons. The first kappa shape index (κ1) is 17.5. The summed E-state index contributed by atoms with van der Waals surface area (Å²) in [5, 5.41) is 2.43. The minimum atomic E-state index is -0.579. The Hall–Kier alpha value is -3.61. The molecule has 2 aromatic rings. The van der Waals surface area contributed by atoms with Gasteiger partial charge in [0.25, 0.3) is 5.91 Å². The van der Waals surface area contributed by atoms with Crippen LogP contribution < -0.4 is 10.2 Å². The lowest BCUT2D eigenvalue weighted by atomic mass is 10.1. The second-order valence-corrected chi connectivity index (χ2v) is 7.30. The van der Waals surface area contributed by atoms with Gasteiger partial charge in [-0.1, -0.05) is 55.5 Å². The molecule has 0 aliphatic carbocycles. The molecule has 0 radical (unpaired) electrons. The summed E-state index contributed by atoms with van der Waals surface area (Å²) in [5.74, 6) is 0.336. The fraction of sp³-hybridized carbons (Fsp3) is 0.227. The molecule has 7 nitrogen and oxygen atoms in total. The van der Waals surface area contributed by atoms with E-state index < -0.39 is 18.2 Å². The van der Waals surface area contributed by atoms with E-state index in [0.717, 1.165) is 23.4 Å². The number of para-hydroxylation sites is 1. The van der Waals surface area contributed by atoms with Crippen LogP contribution in [0.15, 0.2) is 65.8 Å². The number of urea groups is 1. The number of imide groups is 1. The highest BCUT2D eigenvalue weighted by atomic mass is 16.2. The predicted molar refractivity (Wildman–Crippen MR) is 111 cm³/mol. The second kappa shape index (κ2) is 6.48. The number of rotatable bonds is 3. The van der Waals surface area contributed by atoms with Gasteiger partial charge >= 0.3 is 6.03 Å². The lowest BCUT2D eigenvalue weighted by molar-refractivity contribution is -0.126. The normalized spacial score (nSPS) is 22.9. The molecule has 0 spiro atoms. The summed E-state index contributed by atoms with van der Waals surface area (Å²) in [6.45, 7) is 2.12. The molecule has 0 bridgehead atoms. The van der Waals surface area contributed by atoms with Crippen LogP contribution in [0.25, 0.3) is 5.70 Å². The van der Waals surface area contributed by atoms with Crippen molar-refractivity contribution < 1.29 is 9.59 Å². The standard InChI is InChI=1S/C22H21N5O2/c1-3-14-9-7-8-12-16(14)27-17(15-10-5-4-6-11-15)13-26-18-19(23-21(26)27)25(2)22(29)24-20(18)28/h4-13,18-19H,3H2,1-2H3,(H,24,28,29). The zero-order valence-electron chi connectivity index (χ0n) is 16.2. The smallest absolute Gasteiger partial charge is 0.303 e. The summed E-state index contributed by atoms with van der Waals surface area (Å²) in [6, 6.07) is 17.3. The molecule has 2 unspecified atom stereocenters. The van der Waals surface area contributed by atoms with Gasteiger partial charge in [0, 0.05) is 18.8 Å². The summed E-state index contributed by atoms with van der Waals surface area (Å²) >= 11 is 0. The zero-order chi connectivity index (χ0) is 20.1. The van der Waals surface area contributed by atoms with E-state index in [4.69, 9.17) is 4.99 Å². The first-order valence-corrected chi connectivity index (χ1v) is 9.69. The highest BCUT2D eigenvalue weighted by molar-refractivity contribution is 6.16. The number of carbonyl (C=O) groups excluding carboxylic acids is 2. The maximum Gasteiger partial charge on any atom is 0.325 e. The Morgan fingerprint density at radius 3 is 2.52 bits per heavy atom. The van der Waals surface area contributed by atoms with Gasteiger partial charge in [-0.2, -0.15) is 0 Å². The Morgan fingerprint density at radius 2 is 1.76 bits per heavy atom. The first-order valence-electron chi connectivity index (χ1n) is 9.69. The van der Waals surface area contributed by atoms with E-state index in [-0.39, 0.29) is 5.91 Å². The molecule has 1 saturated heterocycles. The second-order valence-electron chi connectivity index (χ2n) is 7.30. The molecule has 2 atom stereocenters. The third-order valence-electron chi connectivity index (χ3n) is 5.66. The highest BCUT2D eigenvalue weighted by Gasteiger charge is 2.52. The number of nitrogens with one attached hydrogen (secondary N) is 1. The maximum atomic E-state index is 12.7. The van der Waals surface area contributed by atoms with Crippen LogP contribution in [-0.4, -0.2) is 47.0 Å². The van der Waals surface area contributed by atoms with E-state index in [9.17, 15) is 9.59 Å². The number of guanidine groups is 1. The van der Waals surface area contributed by atoms with Crippen molar-refractivity contribution in [1.29, 1.82) is 0 Å². The third kappa shape index (κ3) is 2.54. The van der Waals surface area contributed by atoms with Crippen LogP contribution >= 0.6 is 0 Å². The van der Waals surface area contributed by atoms with Crippen molar-refractivity contribution in [2.75, 3.05) is 11.9 Å². The number of benzene rings is 2. The quantitative estimate of drug-likeness (QED) is 0.879. The molecule has 3 aliphatic heterocycles. The molecule has 1 fully saturated rings. The van der Waals surface area contributed by atoms with Crippen LogP contribution in [0.3, 0.4) is 0 Å². The number of carbonyl (C=O) groups is 2. The van der Waals surface area contributed by atoms with E-state index in [1.54, 1.807) is 7.05 Å². The van der Waals surface area contributed by atoms with Gasteiger partial charge in [-0.25, -0.2) is 9.79 Å². The first-order chi connectivity index (χ1) is 14.1. The van der Waals surface area contributed by atoms with Crippen molar-refractivity contribution in [2.24, 2.45) is 4.99 Å². The number of fused-ring (bicyclic) bond motifs is 3. The summed E-state index contributed by atoms with van der Waals surface area (Å²) in [6.07, 6.45) is 2.29. The van der Waals surface area contributed by atoms with Crippen molar-refractivity contribution in [3.05, 3.63) is 71.9 Å². The number of likely N-dealkylation sites (N-methyl/N-ethyl adjacent to an activating group) is 1. The van der Waals surface area contributed by atoms with Gasteiger partial charge in [-0.05, 0) is 18.1 Å². The lowest BCUT2D eigenvalue weighted by Gasteiger charge is -2.34. The molecule has 7 heteroatoms. The molecule has 2 aromatic carbocycles. The van der Waals surface area contributed by atoms with Crippen molar-refractivity contribution in [1.82, 2.24) is 15.1 Å². The number of nitrogens with zero attached hydrogens (tertiary/aromatic N) is 4. The summed E-state index contributed by atoms with van der Waals surface area (Å²) in [7, 11) is 1.66. The number of aryl methyl sites for hydroxylation is 1. The van der Waals surface area contributed by atoms with E-state index in [2.05, 4.69) is 29.3 Å². The molecule has 0 aromatic heterocycles. The topological polar surface area (TPSA) is 68.2 Å². The van der Waals surface area contributed by atoms with Crippen molar-refractivity contribution in [2.45, 2.75) is 25.6 Å². The van der Waals surface area contributed by atoms with Gasteiger partial charge in [-0.15, -0.1) is 0 Å². The zero-order valence-corrected chi connectivity index (χ0v) is 16.2. The molecular weight excluding hydrogens is 366 g/mol. The SMILES string of the molecule is CCc1ccccc1N1C(c2ccccc2)=CN2C1=NC1C2C(=O)NC(=O)N1C. The Balaban J connectivity index is 1.67. The molecule has 3 heterocycles. The van der Waals surface area contributed by atoms with Gasteiger partial charge in [0.1, 0.15) is 0 Å². The Labute approximate surface area is 168 Å². The van der Waals surface area contributed by atoms with Crippen LogP contribution in [0.4, 0.5) is 10.5 Å². The molecule has 3 aliphatic rings. The average molecular weight is 387 g/mol. The van der Waals surface area contributed by atoms with E-state index in [1.165, 1.54) is 10.5 Å². The fourth-order valence-electron chi connectivity index (χ4n) is 4.16. The van der Waals surface area contributed by atoms with Crippen LogP contribution in [0.2, 0.25) is 0 Å². The number of hydrogen-bond donors (Lipinski definition) is 1. The monoisotopic (exact) mass is 387 g/mol. The molecule has 5 rings (SSSR count). The molecule has 29 heavy (non-hydrogen) atoms. The van der Waals surface area contributed by atoms with Crippen LogP contribution in [0.1, 0.15) is 18.1 Å². The van der Waals surface area contributed by atoms with Gasteiger partial charge in [0.2, 0.25) is 5.96 Å². The average Bonchev–Trinajstić information content (AvgIpc) is 3.29. The van der Waals surface area contributed by atoms with Gasteiger partial charge < -0.3 is 4.90 Å². The van der Waals surface area contributed by atoms with Crippen molar-refractivity contribution in [3.63, 3.8) is 0 Å². The van der Waals surface area contributed by atoms with Gasteiger partial charge in [0.15, 0.2) is 12.2 Å². The highest BCUT2D eigenvalue weighted by Crippen LogP contribution is 2.40. The van der Waals surface area contributed by atoms with Gasteiger partial charge in [0.05, 0.1) is 11.4 Å². The number of aliphatic imine (C=N–C) groups is 1. The van der Waals surface area contributed by atoms with Crippen LogP contribution in [-0.2, 0) is 11.2 Å². The molecule has 1 N–H and O–H groups in total. The minimum absolute atomic E-state index is 0.328. The Morgan fingerprint density at radius 1 is 1.03 bits per heavy atom. The van der Waals surface area contributed by atoms with E-state index >= 15 is 0 Å². The Bertz CT molecular complexity index is 1060. The molecular formula is C22H21N5O2. The number of amides is 3. The summed E-state index contributed by atoms with van der Waals surface area (Å²) in [4.78, 5) is 35.0. The molecule has 3 amide bonds. The van der Waals surface area contributed by atoms with E-state index in [1.807, 2.05) is 53.6 Å². The predicted octanol–water partition coefficient (Wildman–Crippen LogP) is 2.62. The largest absolute Gasteiger partial charge is 0.325 e. The fourth-order valence-corrected chi connectivity index (χ4v) is 4.16. The maximum absolute atomic E-state index is 12.7. The van der Waals surface area contributed by atoms with Gasteiger partial charge in [-0.3, -0.25) is 19.9 Å². The number of hydrogen-bond acceptors (Lipinski definition) is 5. The summed E-state index contributed by atoms with van der Waals surface area (Å²) < 4.78 is 0.